The molecule has 2 aliphatic rings. The Hall–Kier alpha value is -2.23. The fourth-order valence-electron chi connectivity index (χ4n) is 3.87. The summed E-state index contributed by atoms with van der Waals surface area (Å²) in [5.41, 5.74) is 1.69. The number of rotatable bonds is 4. The zero-order valence-corrected chi connectivity index (χ0v) is 17.6. The van der Waals surface area contributed by atoms with Gasteiger partial charge in [0.25, 0.3) is 0 Å². The van der Waals surface area contributed by atoms with Crippen LogP contribution in [0.2, 0.25) is 0 Å². The van der Waals surface area contributed by atoms with Crippen LogP contribution in [0.1, 0.15) is 30.0 Å². The van der Waals surface area contributed by atoms with Crippen LogP contribution >= 0.6 is 0 Å². The monoisotopic (exact) mass is 418 g/mol. The first-order chi connectivity index (χ1) is 13.9. The average Bonchev–Trinajstić information content (AvgIpc) is 3.12. The lowest BCUT2D eigenvalue weighted by Crippen LogP contribution is -2.41. The molecule has 0 spiro atoms. The van der Waals surface area contributed by atoms with E-state index in [4.69, 9.17) is 4.74 Å². The third-order valence-electron chi connectivity index (χ3n) is 5.55. The van der Waals surface area contributed by atoms with Gasteiger partial charge in [0.2, 0.25) is 15.9 Å². The van der Waals surface area contributed by atoms with Crippen LogP contribution in [0.25, 0.3) is 0 Å². The maximum atomic E-state index is 13.1. The van der Waals surface area contributed by atoms with Crippen molar-refractivity contribution in [3.63, 3.8) is 0 Å². The van der Waals surface area contributed by atoms with Crippen LogP contribution in [0.3, 0.4) is 0 Å². The number of ether oxygens (including phenoxy) is 1. The number of hydrogen-bond acceptors (Lipinski definition) is 5. The van der Waals surface area contributed by atoms with Gasteiger partial charge in [0, 0.05) is 32.4 Å². The number of nitrogens with zero attached hydrogens (tertiary/aromatic N) is 4. The Bertz CT molecular complexity index is 994. The summed E-state index contributed by atoms with van der Waals surface area (Å²) in [5.74, 6) is 0.706. The maximum Gasteiger partial charge on any atom is 0.243 e. The van der Waals surface area contributed by atoms with E-state index in [0.29, 0.717) is 50.9 Å². The van der Waals surface area contributed by atoms with Crippen LogP contribution in [0, 0.1) is 6.92 Å². The molecule has 0 N–H and O–H groups in total. The highest BCUT2D eigenvalue weighted by Gasteiger charge is 2.35. The maximum absolute atomic E-state index is 13.1. The standard InChI is InChI=1S/C20H26N4O4S/c1-15-3-5-18(6-4-15)29(26,27)24-8-7-23-14-17(21-20(23)16(24)2)13-19(25)22-9-11-28-12-10-22/h3-6,14,16H,7-13H2,1-2H3/t16-/m1/s1. The van der Waals surface area contributed by atoms with Crippen molar-refractivity contribution in [3.8, 4) is 0 Å². The molecule has 1 saturated heterocycles. The van der Waals surface area contributed by atoms with E-state index in [0.717, 1.165) is 5.56 Å². The number of imidazole rings is 1. The van der Waals surface area contributed by atoms with Crippen molar-refractivity contribution in [2.45, 2.75) is 37.8 Å². The van der Waals surface area contributed by atoms with Gasteiger partial charge in [-0.2, -0.15) is 4.31 Å². The summed E-state index contributed by atoms with van der Waals surface area (Å²) in [6.45, 7) is 6.99. The summed E-state index contributed by atoms with van der Waals surface area (Å²) in [4.78, 5) is 19.2. The Balaban J connectivity index is 1.52. The first-order valence-electron chi connectivity index (χ1n) is 9.86. The van der Waals surface area contributed by atoms with Gasteiger partial charge >= 0.3 is 0 Å². The molecule has 8 nitrogen and oxygen atoms in total. The van der Waals surface area contributed by atoms with E-state index in [9.17, 15) is 13.2 Å². The number of carbonyl (C=O) groups is 1. The predicted octanol–water partition coefficient (Wildman–Crippen LogP) is 1.36. The number of hydrogen-bond donors (Lipinski definition) is 0. The number of amides is 1. The fraction of sp³-hybridized carbons (Fsp3) is 0.500. The number of aromatic nitrogens is 2. The molecular weight excluding hydrogens is 392 g/mol. The molecule has 9 heteroatoms. The number of fused-ring (bicyclic) bond motifs is 1. The van der Waals surface area contributed by atoms with Crippen LogP contribution in [0.15, 0.2) is 35.4 Å². The normalized spacial score (nSPS) is 20.5. The number of carbonyl (C=O) groups excluding carboxylic acids is 1. The smallest absolute Gasteiger partial charge is 0.243 e. The number of sulfonamides is 1. The van der Waals surface area contributed by atoms with Crippen LogP contribution in [-0.2, 0) is 32.5 Å². The van der Waals surface area contributed by atoms with Gasteiger partial charge in [-0.25, -0.2) is 13.4 Å². The first-order valence-corrected chi connectivity index (χ1v) is 11.3. The molecule has 0 aliphatic carbocycles. The molecule has 2 aliphatic heterocycles. The van der Waals surface area contributed by atoms with Gasteiger partial charge in [-0.1, -0.05) is 17.7 Å². The van der Waals surface area contributed by atoms with Crippen LogP contribution in [0.5, 0.6) is 0 Å². The Morgan fingerprint density at radius 2 is 1.83 bits per heavy atom. The van der Waals surface area contributed by atoms with E-state index in [1.165, 1.54) is 4.31 Å². The second-order valence-corrected chi connectivity index (χ2v) is 9.45. The molecule has 0 unspecified atom stereocenters. The number of aryl methyl sites for hydroxylation is 1. The molecule has 1 fully saturated rings. The third-order valence-corrected chi connectivity index (χ3v) is 7.53. The molecule has 1 aromatic heterocycles. The van der Waals surface area contributed by atoms with Crippen molar-refractivity contribution in [3.05, 3.63) is 47.5 Å². The summed E-state index contributed by atoms with van der Waals surface area (Å²) < 4.78 is 35.0. The van der Waals surface area contributed by atoms with Crippen LogP contribution in [-0.4, -0.2) is 65.9 Å². The van der Waals surface area contributed by atoms with Gasteiger partial charge in [0.1, 0.15) is 5.82 Å². The zero-order valence-electron chi connectivity index (χ0n) is 16.7. The minimum atomic E-state index is -3.61. The van der Waals surface area contributed by atoms with Gasteiger partial charge in [0.05, 0.1) is 36.3 Å². The third kappa shape index (κ3) is 3.94. The van der Waals surface area contributed by atoms with E-state index in [2.05, 4.69) is 4.98 Å². The SMILES string of the molecule is Cc1ccc(S(=O)(=O)N2CCn3cc(CC(=O)N4CCOCC4)nc3[C@H]2C)cc1. The van der Waals surface area contributed by atoms with Crippen molar-refractivity contribution >= 4 is 15.9 Å². The second kappa shape index (κ2) is 7.89. The molecule has 29 heavy (non-hydrogen) atoms. The van der Waals surface area contributed by atoms with E-state index in [1.807, 2.05) is 24.6 Å². The lowest BCUT2D eigenvalue weighted by atomic mass is 10.2. The van der Waals surface area contributed by atoms with Gasteiger partial charge < -0.3 is 14.2 Å². The summed E-state index contributed by atoms with van der Waals surface area (Å²) in [6, 6.07) is 6.49. The van der Waals surface area contributed by atoms with E-state index in [-0.39, 0.29) is 17.2 Å². The van der Waals surface area contributed by atoms with Gasteiger partial charge in [-0.3, -0.25) is 4.79 Å². The molecular formula is C20H26N4O4S. The summed E-state index contributed by atoms with van der Waals surface area (Å²) >= 11 is 0. The number of morpholine rings is 1. The van der Waals surface area contributed by atoms with Crippen molar-refractivity contribution in [2.75, 3.05) is 32.8 Å². The van der Waals surface area contributed by atoms with Crippen molar-refractivity contribution in [2.24, 2.45) is 0 Å². The highest BCUT2D eigenvalue weighted by Crippen LogP contribution is 2.30. The highest BCUT2D eigenvalue weighted by atomic mass is 32.2. The Labute approximate surface area is 171 Å². The van der Waals surface area contributed by atoms with Crippen molar-refractivity contribution in [1.82, 2.24) is 18.8 Å². The van der Waals surface area contributed by atoms with Crippen molar-refractivity contribution < 1.29 is 17.9 Å². The molecule has 3 heterocycles. The van der Waals surface area contributed by atoms with Gasteiger partial charge in [0.15, 0.2) is 0 Å². The Morgan fingerprint density at radius 3 is 2.52 bits per heavy atom. The molecule has 1 aromatic carbocycles. The molecule has 1 amide bonds. The van der Waals surface area contributed by atoms with Crippen molar-refractivity contribution in [1.29, 1.82) is 0 Å². The lowest BCUT2D eigenvalue weighted by Gasteiger charge is -2.32. The lowest BCUT2D eigenvalue weighted by molar-refractivity contribution is -0.134. The molecule has 0 saturated carbocycles. The van der Waals surface area contributed by atoms with Gasteiger partial charge in [-0.15, -0.1) is 0 Å². The number of benzene rings is 1. The summed E-state index contributed by atoms with van der Waals surface area (Å²) in [6.07, 6.45) is 2.09. The fourth-order valence-corrected chi connectivity index (χ4v) is 5.45. The summed E-state index contributed by atoms with van der Waals surface area (Å²) in [7, 11) is -3.61. The van der Waals surface area contributed by atoms with E-state index in [1.54, 1.807) is 29.2 Å². The predicted molar refractivity (Wildman–Crippen MR) is 107 cm³/mol. The quantitative estimate of drug-likeness (QED) is 0.749. The van der Waals surface area contributed by atoms with Gasteiger partial charge in [-0.05, 0) is 26.0 Å². The molecule has 0 bridgehead atoms. The van der Waals surface area contributed by atoms with E-state index >= 15 is 0 Å². The molecule has 156 valence electrons. The minimum absolute atomic E-state index is 0.0283. The average molecular weight is 419 g/mol. The molecule has 0 radical (unpaired) electrons. The zero-order chi connectivity index (χ0) is 20.6. The summed E-state index contributed by atoms with van der Waals surface area (Å²) in [5, 5.41) is 0. The Morgan fingerprint density at radius 1 is 1.14 bits per heavy atom. The van der Waals surface area contributed by atoms with E-state index < -0.39 is 16.1 Å². The largest absolute Gasteiger partial charge is 0.378 e. The van der Waals surface area contributed by atoms with Crippen LogP contribution in [0.4, 0.5) is 0 Å². The molecule has 2 aromatic rings. The molecule has 4 rings (SSSR count). The highest BCUT2D eigenvalue weighted by molar-refractivity contribution is 7.89. The molecule has 1 atom stereocenters. The minimum Gasteiger partial charge on any atom is -0.378 e. The topological polar surface area (TPSA) is 84.7 Å². The first kappa shape index (κ1) is 20.1. The Kier molecular flexibility index (Phi) is 5.46. The second-order valence-electron chi connectivity index (χ2n) is 7.56. The van der Waals surface area contributed by atoms with Crippen LogP contribution < -0.4 is 0 Å².